The van der Waals surface area contributed by atoms with Crippen molar-refractivity contribution in [3.63, 3.8) is 0 Å². The van der Waals surface area contributed by atoms with Crippen LogP contribution in [0, 0.1) is 0 Å². The molecule has 2 aromatic carbocycles. The Morgan fingerprint density at radius 1 is 0.833 bits per heavy atom. The fourth-order valence-electron chi connectivity index (χ4n) is 2.26. The summed E-state index contributed by atoms with van der Waals surface area (Å²) in [5.74, 6) is 0. The Labute approximate surface area is 108 Å². The Kier molecular flexibility index (Phi) is 3.09. The molecule has 0 amide bonds. The van der Waals surface area contributed by atoms with E-state index in [4.69, 9.17) is 5.10 Å². The minimum atomic E-state index is 1.00. The molecule has 0 saturated heterocycles. The fraction of sp³-hybridized carbons (Fsp3) is 0.188. The highest BCUT2D eigenvalue weighted by molar-refractivity contribution is 6.01. The van der Waals surface area contributed by atoms with Crippen LogP contribution in [0.15, 0.2) is 65.8 Å². The second kappa shape index (κ2) is 5.05. The Hall–Kier alpha value is -2.09. The van der Waals surface area contributed by atoms with Crippen molar-refractivity contribution >= 4 is 11.4 Å². The summed E-state index contributed by atoms with van der Waals surface area (Å²) in [6, 6.07) is 20.8. The predicted molar refractivity (Wildman–Crippen MR) is 76.0 cm³/mol. The first-order valence-electron chi connectivity index (χ1n) is 6.39. The molecule has 0 fully saturated rings. The van der Waals surface area contributed by atoms with Crippen LogP contribution in [0.2, 0.25) is 0 Å². The van der Waals surface area contributed by atoms with E-state index in [1.165, 1.54) is 17.0 Å². The van der Waals surface area contributed by atoms with E-state index in [-0.39, 0.29) is 0 Å². The van der Waals surface area contributed by atoms with Gasteiger partial charge in [-0.15, -0.1) is 0 Å². The van der Waals surface area contributed by atoms with Gasteiger partial charge in [0.25, 0.3) is 0 Å². The largest absolute Gasteiger partial charge is 0.265 e. The van der Waals surface area contributed by atoms with Crippen LogP contribution < -0.4 is 5.01 Å². The van der Waals surface area contributed by atoms with E-state index < -0.39 is 0 Å². The maximum absolute atomic E-state index is 4.77. The van der Waals surface area contributed by atoms with Gasteiger partial charge in [-0.1, -0.05) is 48.5 Å². The van der Waals surface area contributed by atoms with Gasteiger partial charge < -0.3 is 0 Å². The number of nitrogens with zero attached hydrogens (tertiary/aromatic N) is 2. The first-order valence-corrected chi connectivity index (χ1v) is 6.39. The molecule has 0 radical (unpaired) electrons. The number of para-hydroxylation sites is 1. The van der Waals surface area contributed by atoms with Crippen LogP contribution in [0.3, 0.4) is 0 Å². The third-order valence-electron chi connectivity index (χ3n) is 3.19. The van der Waals surface area contributed by atoms with Gasteiger partial charge in [0.15, 0.2) is 0 Å². The molecular weight excluding hydrogens is 220 g/mol. The highest BCUT2D eigenvalue weighted by Crippen LogP contribution is 2.20. The normalized spacial score (nSPS) is 15.3. The van der Waals surface area contributed by atoms with E-state index in [2.05, 4.69) is 53.5 Å². The zero-order valence-corrected chi connectivity index (χ0v) is 10.3. The van der Waals surface area contributed by atoms with Gasteiger partial charge in [-0.3, -0.25) is 5.01 Å². The minimum absolute atomic E-state index is 1.00. The molecular formula is C16H16N2. The van der Waals surface area contributed by atoms with Crippen LogP contribution in [0.4, 0.5) is 5.69 Å². The Morgan fingerprint density at radius 2 is 1.50 bits per heavy atom. The molecule has 1 aliphatic rings. The van der Waals surface area contributed by atoms with E-state index >= 15 is 0 Å². The molecule has 1 heterocycles. The molecule has 0 aliphatic carbocycles. The SMILES string of the molecule is c1ccc(C2=NN(c3ccccc3)CCC2)cc1. The van der Waals surface area contributed by atoms with Crippen LogP contribution >= 0.6 is 0 Å². The summed E-state index contributed by atoms with van der Waals surface area (Å²) in [7, 11) is 0. The summed E-state index contributed by atoms with van der Waals surface area (Å²) in [5, 5.41) is 6.88. The molecule has 0 unspecified atom stereocenters. The lowest BCUT2D eigenvalue weighted by molar-refractivity contribution is 0.741. The maximum Gasteiger partial charge on any atom is 0.0682 e. The van der Waals surface area contributed by atoms with Crippen molar-refractivity contribution in [2.75, 3.05) is 11.6 Å². The monoisotopic (exact) mass is 236 g/mol. The van der Waals surface area contributed by atoms with E-state index in [0.717, 1.165) is 19.4 Å². The molecule has 0 bridgehead atoms. The Morgan fingerprint density at radius 3 is 2.22 bits per heavy atom. The lowest BCUT2D eigenvalue weighted by Crippen LogP contribution is -2.25. The van der Waals surface area contributed by atoms with Gasteiger partial charge in [-0.25, -0.2) is 0 Å². The third-order valence-corrected chi connectivity index (χ3v) is 3.19. The van der Waals surface area contributed by atoms with Crippen LogP contribution in [0.1, 0.15) is 18.4 Å². The van der Waals surface area contributed by atoms with Gasteiger partial charge in [-0.05, 0) is 30.5 Å². The van der Waals surface area contributed by atoms with Crippen LogP contribution in [0.25, 0.3) is 0 Å². The average molecular weight is 236 g/mol. The van der Waals surface area contributed by atoms with Crippen molar-refractivity contribution < 1.29 is 0 Å². The number of rotatable bonds is 2. The van der Waals surface area contributed by atoms with E-state index in [1.807, 2.05) is 12.1 Å². The standard InChI is InChI=1S/C16H16N2/c1-3-8-14(9-4-1)16-12-7-13-18(17-16)15-10-5-2-6-11-15/h1-6,8-11H,7,12-13H2. The lowest BCUT2D eigenvalue weighted by atomic mass is 10.0. The first kappa shape index (κ1) is 11.0. The summed E-state index contributed by atoms with van der Waals surface area (Å²) in [5.41, 5.74) is 3.59. The smallest absolute Gasteiger partial charge is 0.0682 e. The summed E-state index contributed by atoms with van der Waals surface area (Å²) < 4.78 is 0. The number of hydrogen-bond acceptors (Lipinski definition) is 2. The molecule has 18 heavy (non-hydrogen) atoms. The Bertz CT molecular complexity index is 532. The molecule has 90 valence electrons. The topological polar surface area (TPSA) is 15.6 Å². The van der Waals surface area contributed by atoms with Crippen molar-refractivity contribution in [1.29, 1.82) is 0 Å². The quantitative estimate of drug-likeness (QED) is 0.776. The van der Waals surface area contributed by atoms with Gasteiger partial charge in [0, 0.05) is 6.54 Å². The predicted octanol–water partition coefficient (Wildman–Crippen LogP) is 3.69. The van der Waals surface area contributed by atoms with Crippen molar-refractivity contribution in [3.8, 4) is 0 Å². The first-order chi connectivity index (χ1) is 8.93. The molecule has 3 rings (SSSR count). The lowest BCUT2D eigenvalue weighted by Gasteiger charge is -2.25. The van der Waals surface area contributed by atoms with Gasteiger partial charge in [0.05, 0.1) is 11.4 Å². The molecule has 2 nitrogen and oxygen atoms in total. The molecule has 0 saturated carbocycles. The third kappa shape index (κ3) is 2.28. The molecule has 1 aliphatic heterocycles. The van der Waals surface area contributed by atoms with E-state index in [9.17, 15) is 0 Å². The number of hydrogen-bond donors (Lipinski definition) is 0. The highest BCUT2D eigenvalue weighted by Gasteiger charge is 2.14. The number of anilines is 1. The Balaban J connectivity index is 1.91. The average Bonchev–Trinajstić information content (AvgIpc) is 2.49. The van der Waals surface area contributed by atoms with Gasteiger partial charge in [0.1, 0.15) is 0 Å². The summed E-state index contributed by atoms with van der Waals surface area (Å²) >= 11 is 0. The second-order valence-electron chi connectivity index (χ2n) is 4.47. The molecule has 0 atom stereocenters. The van der Waals surface area contributed by atoms with Crippen LogP contribution in [-0.4, -0.2) is 12.3 Å². The number of benzene rings is 2. The van der Waals surface area contributed by atoms with Gasteiger partial charge in [-0.2, -0.15) is 5.10 Å². The summed E-state index contributed by atoms with van der Waals surface area (Å²) in [4.78, 5) is 0. The molecule has 2 aromatic rings. The second-order valence-corrected chi connectivity index (χ2v) is 4.47. The zero-order valence-electron chi connectivity index (χ0n) is 10.3. The number of hydrazone groups is 1. The zero-order chi connectivity index (χ0) is 12.2. The molecule has 0 N–H and O–H groups in total. The summed E-state index contributed by atoms with van der Waals surface area (Å²) in [6.45, 7) is 1.00. The molecule has 0 spiro atoms. The van der Waals surface area contributed by atoms with Crippen LogP contribution in [-0.2, 0) is 0 Å². The molecule has 2 heteroatoms. The van der Waals surface area contributed by atoms with Gasteiger partial charge in [0.2, 0.25) is 0 Å². The van der Waals surface area contributed by atoms with Crippen molar-refractivity contribution in [1.82, 2.24) is 0 Å². The van der Waals surface area contributed by atoms with Crippen molar-refractivity contribution in [2.45, 2.75) is 12.8 Å². The van der Waals surface area contributed by atoms with E-state index in [1.54, 1.807) is 0 Å². The highest BCUT2D eigenvalue weighted by atomic mass is 15.5. The fourth-order valence-corrected chi connectivity index (χ4v) is 2.26. The maximum atomic E-state index is 4.77. The minimum Gasteiger partial charge on any atom is -0.265 e. The van der Waals surface area contributed by atoms with E-state index in [0.29, 0.717) is 0 Å². The van der Waals surface area contributed by atoms with Crippen LogP contribution in [0.5, 0.6) is 0 Å². The van der Waals surface area contributed by atoms with Crippen molar-refractivity contribution in [2.24, 2.45) is 5.10 Å². The van der Waals surface area contributed by atoms with Gasteiger partial charge >= 0.3 is 0 Å². The summed E-state index contributed by atoms with van der Waals surface area (Å²) in [6.07, 6.45) is 2.22. The molecule has 0 aromatic heterocycles. The van der Waals surface area contributed by atoms with Crippen molar-refractivity contribution in [3.05, 3.63) is 66.2 Å².